The van der Waals surface area contributed by atoms with Gasteiger partial charge in [0.15, 0.2) is 0 Å². The molecule has 1 aromatic rings. The molecule has 88 valence electrons. The molecular formula is C10H11BrClNO2S. The zero-order chi connectivity index (χ0) is 11.6. The lowest BCUT2D eigenvalue weighted by molar-refractivity contribution is 0.158. The molecule has 1 heterocycles. The van der Waals surface area contributed by atoms with Gasteiger partial charge < -0.3 is 4.74 Å². The van der Waals surface area contributed by atoms with Crippen molar-refractivity contribution in [3.8, 4) is 0 Å². The van der Waals surface area contributed by atoms with Gasteiger partial charge in [0.2, 0.25) is 0 Å². The first-order chi connectivity index (χ1) is 7.61. The van der Waals surface area contributed by atoms with Crippen LogP contribution in [0.25, 0.3) is 0 Å². The molecule has 0 saturated carbocycles. The lowest BCUT2D eigenvalue weighted by atomic mass is 10.3. The van der Waals surface area contributed by atoms with Crippen LogP contribution in [-0.4, -0.2) is 28.9 Å². The first kappa shape index (κ1) is 12.4. The minimum atomic E-state index is -2.19. The molecule has 0 unspecified atom stereocenters. The molecule has 0 bridgehead atoms. The predicted molar refractivity (Wildman–Crippen MR) is 69.9 cm³/mol. The van der Waals surface area contributed by atoms with E-state index in [9.17, 15) is 4.21 Å². The molecule has 1 aliphatic heterocycles. The Hall–Kier alpha value is -0.100. The van der Waals surface area contributed by atoms with E-state index >= 15 is 0 Å². The van der Waals surface area contributed by atoms with Crippen molar-refractivity contribution in [2.75, 3.05) is 24.7 Å². The summed E-state index contributed by atoms with van der Waals surface area (Å²) in [5.74, 6) is 0.964. The third-order valence-corrected chi connectivity index (χ3v) is 5.71. The first-order valence-electron chi connectivity index (χ1n) is 4.85. The lowest BCUT2D eigenvalue weighted by Gasteiger charge is -2.16. The number of ether oxygens (including phenoxy) is 1. The second kappa shape index (κ2) is 5.04. The van der Waals surface area contributed by atoms with Gasteiger partial charge in [-0.25, -0.2) is 4.21 Å². The minimum Gasteiger partial charge on any atom is -0.379 e. The van der Waals surface area contributed by atoms with Crippen LogP contribution in [0.1, 0.15) is 0 Å². The van der Waals surface area contributed by atoms with Gasteiger partial charge in [-0.3, -0.25) is 0 Å². The van der Waals surface area contributed by atoms with Crippen molar-refractivity contribution in [2.45, 2.75) is 0 Å². The van der Waals surface area contributed by atoms with Crippen LogP contribution in [0.4, 0.5) is 5.69 Å². The maximum Gasteiger partial charge on any atom is 0.0927 e. The number of benzene rings is 1. The molecule has 0 aromatic heterocycles. The van der Waals surface area contributed by atoms with Gasteiger partial charge in [-0.05, 0) is 28.1 Å². The molecule has 16 heavy (non-hydrogen) atoms. The molecule has 3 nitrogen and oxygen atoms in total. The highest BCUT2D eigenvalue weighted by atomic mass is 79.9. The molecule has 2 rings (SSSR count). The summed E-state index contributed by atoms with van der Waals surface area (Å²) in [5.41, 5.74) is 0.586. The second-order valence-electron chi connectivity index (χ2n) is 3.46. The summed E-state index contributed by atoms with van der Waals surface area (Å²) in [6.45, 7) is 1.02. The molecule has 1 saturated heterocycles. The van der Waals surface area contributed by atoms with Gasteiger partial charge in [-0.1, -0.05) is 17.7 Å². The van der Waals surface area contributed by atoms with Gasteiger partial charge in [0.05, 0.1) is 45.2 Å². The Kier molecular flexibility index (Phi) is 3.89. The fourth-order valence-corrected chi connectivity index (χ4v) is 3.64. The first-order valence-corrected chi connectivity index (χ1v) is 7.87. The van der Waals surface area contributed by atoms with Crippen LogP contribution in [0.5, 0.6) is 0 Å². The quantitative estimate of drug-likeness (QED) is 0.795. The van der Waals surface area contributed by atoms with Crippen molar-refractivity contribution in [1.29, 1.82) is 0 Å². The Morgan fingerprint density at radius 1 is 1.38 bits per heavy atom. The number of halogens is 2. The summed E-state index contributed by atoms with van der Waals surface area (Å²) in [6, 6.07) is 5.43. The highest BCUT2D eigenvalue weighted by Gasteiger charge is 2.16. The van der Waals surface area contributed by atoms with Crippen LogP contribution in [0.15, 0.2) is 27.0 Å². The zero-order valence-electron chi connectivity index (χ0n) is 8.49. The number of nitrogens with zero attached hydrogens (tertiary/aromatic N) is 1. The summed E-state index contributed by atoms with van der Waals surface area (Å²) in [5, 5.41) is 0.511. The van der Waals surface area contributed by atoms with Gasteiger partial charge in [0, 0.05) is 4.47 Å². The molecule has 0 aliphatic carbocycles. The van der Waals surface area contributed by atoms with Crippen molar-refractivity contribution in [2.24, 2.45) is 4.36 Å². The molecule has 0 radical (unpaired) electrons. The summed E-state index contributed by atoms with van der Waals surface area (Å²) in [7, 11) is -2.19. The molecular weight excluding hydrogens is 314 g/mol. The smallest absolute Gasteiger partial charge is 0.0927 e. The van der Waals surface area contributed by atoms with Crippen LogP contribution in [-0.2, 0) is 14.5 Å². The van der Waals surface area contributed by atoms with E-state index in [4.69, 9.17) is 16.3 Å². The fourth-order valence-electron chi connectivity index (χ4n) is 1.42. The largest absolute Gasteiger partial charge is 0.379 e. The molecule has 1 aliphatic rings. The minimum absolute atomic E-state index is 0.482. The van der Waals surface area contributed by atoms with Gasteiger partial charge in [0.25, 0.3) is 0 Å². The van der Waals surface area contributed by atoms with Crippen LogP contribution in [0.2, 0.25) is 5.02 Å². The monoisotopic (exact) mass is 323 g/mol. The van der Waals surface area contributed by atoms with Crippen molar-refractivity contribution in [1.82, 2.24) is 0 Å². The van der Waals surface area contributed by atoms with E-state index in [1.165, 1.54) is 0 Å². The molecule has 1 aromatic carbocycles. The van der Waals surface area contributed by atoms with Crippen molar-refractivity contribution in [3.05, 3.63) is 27.7 Å². The van der Waals surface area contributed by atoms with E-state index < -0.39 is 9.73 Å². The maximum absolute atomic E-state index is 12.3. The predicted octanol–water partition coefficient (Wildman–Crippen LogP) is 3.23. The Morgan fingerprint density at radius 3 is 2.75 bits per heavy atom. The van der Waals surface area contributed by atoms with Gasteiger partial charge in [-0.2, -0.15) is 4.36 Å². The Labute approximate surface area is 108 Å². The molecule has 6 heteroatoms. The summed E-state index contributed by atoms with van der Waals surface area (Å²) < 4.78 is 22.6. The topological polar surface area (TPSA) is 38.7 Å². The fraction of sp³-hybridized carbons (Fsp3) is 0.400. The van der Waals surface area contributed by atoms with Crippen molar-refractivity contribution >= 4 is 42.9 Å². The molecule has 1 fully saturated rings. The highest BCUT2D eigenvalue weighted by Crippen LogP contribution is 2.33. The van der Waals surface area contributed by atoms with Crippen LogP contribution in [0, 0.1) is 0 Å². The van der Waals surface area contributed by atoms with E-state index in [0.29, 0.717) is 35.4 Å². The molecule has 0 spiro atoms. The van der Waals surface area contributed by atoms with Crippen molar-refractivity contribution in [3.63, 3.8) is 0 Å². The Morgan fingerprint density at radius 2 is 2.06 bits per heavy atom. The highest BCUT2D eigenvalue weighted by molar-refractivity contribution is 9.10. The number of rotatable bonds is 1. The van der Waals surface area contributed by atoms with E-state index in [2.05, 4.69) is 20.3 Å². The van der Waals surface area contributed by atoms with Crippen LogP contribution in [0.3, 0.4) is 0 Å². The van der Waals surface area contributed by atoms with E-state index in [1.54, 1.807) is 6.07 Å². The summed E-state index contributed by atoms with van der Waals surface area (Å²) in [6.07, 6.45) is 0. The average Bonchev–Trinajstić information content (AvgIpc) is 2.26. The maximum atomic E-state index is 12.3. The van der Waals surface area contributed by atoms with Crippen LogP contribution >= 0.6 is 27.5 Å². The van der Waals surface area contributed by atoms with Gasteiger partial charge >= 0.3 is 0 Å². The third-order valence-electron chi connectivity index (χ3n) is 2.29. The van der Waals surface area contributed by atoms with Crippen molar-refractivity contribution < 1.29 is 8.95 Å². The normalized spacial score (nSPS) is 19.4. The van der Waals surface area contributed by atoms with Gasteiger partial charge in [0.1, 0.15) is 0 Å². The summed E-state index contributed by atoms with van der Waals surface area (Å²) in [4.78, 5) is 0. The summed E-state index contributed by atoms with van der Waals surface area (Å²) >= 11 is 9.40. The lowest BCUT2D eigenvalue weighted by Crippen LogP contribution is -2.25. The molecule has 0 N–H and O–H groups in total. The molecule has 0 atom stereocenters. The third kappa shape index (κ3) is 2.77. The van der Waals surface area contributed by atoms with Gasteiger partial charge in [-0.15, -0.1) is 0 Å². The number of hydrogen-bond donors (Lipinski definition) is 0. The second-order valence-corrected chi connectivity index (χ2v) is 7.23. The SMILES string of the molecule is O=S1(=Nc2cccc(Br)c2Cl)CCOCC1. The average molecular weight is 325 g/mol. The molecule has 0 amide bonds. The van der Waals surface area contributed by atoms with E-state index in [0.717, 1.165) is 4.47 Å². The van der Waals surface area contributed by atoms with Crippen LogP contribution < -0.4 is 0 Å². The van der Waals surface area contributed by atoms with E-state index in [-0.39, 0.29) is 0 Å². The standard InChI is InChI=1S/C10H11BrClNO2S/c11-8-2-1-3-9(10(8)12)13-16(14)6-4-15-5-7-16/h1-3H,4-7H2. The zero-order valence-corrected chi connectivity index (χ0v) is 11.6. The van der Waals surface area contributed by atoms with E-state index in [1.807, 2.05) is 12.1 Å². The Balaban J connectivity index is 2.42. The Bertz CT molecular complexity index is 500. The number of hydrogen-bond acceptors (Lipinski definition) is 3.